The second-order valence-electron chi connectivity index (χ2n) is 2.85. The van der Waals surface area contributed by atoms with Crippen LogP contribution in [0.2, 0.25) is 0 Å². The van der Waals surface area contributed by atoms with E-state index in [1.165, 1.54) is 0 Å². The summed E-state index contributed by atoms with van der Waals surface area (Å²) < 4.78 is 39.3. The van der Waals surface area contributed by atoms with Crippen LogP contribution in [0.5, 0.6) is 5.75 Å². The largest absolute Gasteiger partial charge is 0.573 e. The lowest BCUT2D eigenvalue weighted by atomic mass is 10.2. The lowest BCUT2D eigenvalue weighted by Crippen LogP contribution is -2.22. The Morgan fingerprint density at radius 1 is 1.53 bits per heavy atom. The number of alkyl halides is 3. The molecule has 0 amide bonds. The van der Waals surface area contributed by atoms with Crippen molar-refractivity contribution in [2.45, 2.75) is 12.9 Å². The molecule has 1 aromatic heterocycles. The zero-order chi connectivity index (χ0) is 13.2. The molecule has 0 radical (unpaired) electrons. The van der Waals surface area contributed by atoms with Crippen LogP contribution in [0.15, 0.2) is 10.9 Å². The summed E-state index contributed by atoms with van der Waals surface area (Å²) in [5.74, 6) is -2.29. The van der Waals surface area contributed by atoms with Gasteiger partial charge in [-0.05, 0) is 4.92 Å². The molecule has 1 aromatic rings. The maximum Gasteiger partial charge on any atom is 0.573 e. The highest BCUT2D eigenvalue weighted by Gasteiger charge is 2.35. The summed E-state index contributed by atoms with van der Waals surface area (Å²) in [7, 11) is 0. The van der Waals surface area contributed by atoms with Crippen molar-refractivity contribution in [1.82, 2.24) is 4.98 Å². The van der Waals surface area contributed by atoms with Crippen LogP contribution in [-0.4, -0.2) is 16.3 Å². The van der Waals surface area contributed by atoms with Gasteiger partial charge in [-0.15, -0.1) is 13.2 Å². The van der Waals surface area contributed by atoms with Crippen LogP contribution in [0.4, 0.5) is 19.0 Å². The zero-order valence-electron chi connectivity index (χ0n) is 8.08. The summed E-state index contributed by atoms with van der Waals surface area (Å²) in [6, 6.07) is 0.588. The van der Waals surface area contributed by atoms with Gasteiger partial charge in [-0.25, -0.2) is 4.79 Å². The molecule has 1 rings (SSSR count). The van der Waals surface area contributed by atoms with E-state index in [1.807, 2.05) is 0 Å². The van der Waals surface area contributed by atoms with Gasteiger partial charge in [0.1, 0.15) is 0 Å². The third kappa shape index (κ3) is 3.17. The Labute approximate surface area is 91.1 Å². The summed E-state index contributed by atoms with van der Waals surface area (Å²) in [5.41, 5.74) is 3.89. The molecule has 0 saturated carbocycles. The van der Waals surface area contributed by atoms with Gasteiger partial charge in [0.05, 0.1) is 5.56 Å². The van der Waals surface area contributed by atoms with E-state index < -0.39 is 28.4 Å². The quantitative estimate of drug-likeness (QED) is 0.606. The van der Waals surface area contributed by atoms with Crippen LogP contribution in [-0.2, 0) is 6.54 Å². The van der Waals surface area contributed by atoms with Gasteiger partial charge >= 0.3 is 17.7 Å². The number of halogens is 3. The van der Waals surface area contributed by atoms with E-state index in [0.29, 0.717) is 6.07 Å². The molecule has 94 valence electrons. The number of aromatic amines is 1. The second-order valence-corrected chi connectivity index (χ2v) is 2.85. The first-order chi connectivity index (χ1) is 7.74. The molecule has 7 nitrogen and oxygen atoms in total. The standard InChI is InChI=1S/C7H6F3N3O4/c8-7(9,10)17-4-1-3(2-11)6(14)12-5(4)13(15)16/h1H,2,11H2,(H,12,14). The van der Waals surface area contributed by atoms with Crippen molar-refractivity contribution in [3.05, 3.63) is 32.1 Å². The normalized spacial score (nSPS) is 11.3. The lowest BCUT2D eigenvalue weighted by Gasteiger charge is -2.09. The Morgan fingerprint density at radius 3 is 2.53 bits per heavy atom. The predicted molar refractivity (Wildman–Crippen MR) is 48.3 cm³/mol. The molecule has 0 aliphatic heterocycles. The van der Waals surface area contributed by atoms with Crippen LogP contribution in [0.3, 0.4) is 0 Å². The fourth-order valence-electron chi connectivity index (χ4n) is 1.03. The molecule has 0 spiro atoms. The molecule has 17 heavy (non-hydrogen) atoms. The number of aromatic nitrogens is 1. The minimum atomic E-state index is -5.10. The van der Waals surface area contributed by atoms with Crippen molar-refractivity contribution in [3.8, 4) is 5.75 Å². The predicted octanol–water partition coefficient (Wildman–Crippen LogP) is 0.640. The van der Waals surface area contributed by atoms with E-state index in [2.05, 4.69) is 4.74 Å². The van der Waals surface area contributed by atoms with E-state index in [-0.39, 0.29) is 12.1 Å². The van der Waals surface area contributed by atoms with Gasteiger partial charge in [0, 0.05) is 12.6 Å². The molecule has 3 N–H and O–H groups in total. The zero-order valence-corrected chi connectivity index (χ0v) is 8.08. The number of nitrogens with zero attached hydrogens (tertiary/aromatic N) is 1. The van der Waals surface area contributed by atoms with E-state index in [1.54, 1.807) is 4.98 Å². The van der Waals surface area contributed by atoms with Crippen LogP contribution in [0.25, 0.3) is 0 Å². The first-order valence-corrected chi connectivity index (χ1v) is 4.11. The number of rotatable bonds is 3. The number of ether oxygens (including phenoxy) is 1. The first-order valence-electron chi connectivity index (χ1n) is 4.11. The number of pyridine rings is 1. The molecule has 0 aliphatic rings. The summed E-state index contributed by atoms with van der Waals surface area (Å²) in [4.78, 5) is 22.0. The lowest BCUT2D eigenvalue weighted by molar-refractivity contribution is -0.393. The highest BCUT2D eigenvalue weighted by Crippen LogP contribution is 2.29. The number of nitro groups is 1. The van der Waals surface area contributed by atoms with E-state index in [4.69, 9.17) is 5.73 Å². The first kappa shape index (κ1) is 13.0. The summed E-state index contributed by atoms with van der Waals surface area (Å²) in [5, 5.41) is 10.4. The van der Waals surface area contributed by atoms with Crippen molar-refractivity contribution < 1.29 is 22.8 Å². The molecule has 0 fully saturated rings. The number of hydrogen-bond donors (Lipinski definition) is 2. The molecule has 0 aromatic carbocycles. The van der Waals surface area contributed by atoms with Crippen molar-refractivity contribution in [2.75, 3.05) is 0 Å². The molecule has 0 unspecified atom stereocenters. The Morgan fingerprint density at radius 2 is 2.12 bits per heavy atom. The minimum absolute atomic E-state index is 0.255. The van der Waals surface area contributed by atoms with E-state index >= 15 is 0 Å². The number of nitrogens with one attached hydrogen (secondary N) is 1. The third-order valence-corrected chi connectivity index (χ3v) is 1.69. The SMILES string of the molecule is NCc1cc(OC(F)(F)F)c([N+](=O)[O-])[nH]c1=O. The highest BCUT2D eigenvalue weighted by molar-refractivity contribution is 5.41. The van der Waals surface area contributed by atoms with Gasteiger partial charge in [-0.3, -0.25) is 0 Å². The second kappa shape index (κ2) is 4.41. The van der Waals surface area contributed by atoms with Crippen molar-refractivity contribution >= 4 is 5.82 Å². The van der Waals surface area contributed by atoms with Crippen LogP contribution < -0.4 is 16.0 Å². The van der Waals surface area contributed by atoms with Crippen LogP contribution >= 0.6 is 0 Å². The van der Waals surface area contributed by atoms with Crippen molar-refractivity contribution in [3.63, 3.8) is 0 Å². The van der Waals surface area contributed by atoms with Gasteiger partial charge < -0.3 is 20.6 Å². The Bertz CT molecular complexity index is 496. The summed E-state index contributed by atoms with van der Waals surface area (Å²) in [6.07, 6.45) is -5.10. The van der Waals surface area contributed by atoms with Gasteiger partial charge in [-0.2, -0.15) is 4.98 Å². The van der Waals surface area contributed by atoms with Gasteiger partial charge in [-0.1, -0.05) is 0 Å². The topological polar surface area (TPSA) is 111 Å². The monoisotopic (exact) mass is 253 g/mol. The molecule has 0 bridgehead atoms. The molecule has 0 saturated heterocycles. The average molecular weight is 253 g/mol. The minimum Gasteiger partial charge on any atom is -0.397 e. The molecule has 0 aliphatic carbocycles. The Kier molecular flexibility index (Phi) is 3.36. The molecular weight excluding hydrogens is 247 g/mol. The van der Waals surface area contributed by atoms with Gasteiger partial charge in [0.25, 0.3) is 0 Å². The maximum atomic E-state index is 12.0. The fraction of sp³-hybridized carbons (Fsp3) is 0.286. The molecule has 1 heterocycles. The summed E-state index contributed by atoms with van der Waals surface area (Å²) >= 11 is 0. The third-order valence-electron chi connectivity index (χ3n) is 1.69. The molecule has 10 heteroatoms. The van der Waals surface area contributed by atoms with Gasteiger partial charge in [0.2, 0.25) is 5.75 Å². The fourth-order valence-corrected chi connectivity index (χ4v) is 1.03. The van der Waals surface area contributed by atoms with E-state index in [0.717, 1.165) is 0 Å². The maximum absolute atomic E-state index is 12.0. The number of nitrogens with two attached hydrogens (primary N) is 1. The highest BCUT2D eigenvalue weighted by atomic mass is 19.4. The van der Waals surface area contributed by atoms with Gasteiger partial charge in [0.15, 0.2) is 0 Å². The van der Waals surface area contributed by atoms with Crippen LogP contribution in [0, 0.1) is 10.1 Å². The van der Waals surface area contributed by atoms with Crippen LogP contribution in [0.1, 0.15) is 5.56 Å². The average Bonchev–Trinajstić information content (AvgIpc) is 2.17. The smallest absolute Gasteiger partial charge is 0.397 e. The van der Waals surface area contributed by atoms with Crippen molar-refractivity contribution in [1.29, 1.82) is 0 Å². The summed E-state index contributed by atoms with van der Waals surface area (Å²) in [6.45, 7) is -0.373. The number of H-pyrrole nitrogens is 1. The number of hydrogen-bond acceptors (Lipinski definition) is 5. The Hall–Kier alpha value is -2.10. The molecular formula is C7H6F3N3O4. The van der Waals surface area contributed by atoms with Crippen molar-refractivity contribution in [2.24, 2.45) is 5.73 Å². The van der Waals surface area contributed by atoms with E-state index in [9.17, 15) is 28.1 Å². The Balaban J connectivity index is 3.34. The molecule has 0 atom stereocenters.